The van der Waals surface area contributed by atoms with Crippen LogP contribution in [0.15, 0.2) is 48.5 Å². The lowest BCUT2D eigenvalue weighted by Gasteiger charge is -2.27. The summed E-state index contributed by atoms with van der Waals surface area (Å²) in [6.07, 6.45) is 0.796. The van der Waals surface area contributed by atoms with Gasteiger partial charge in [-0.25, -0.2) is 4.79 Å². The van der Waals surface area contributed by atoms with Crippen LogP contribution in [0.1, 0.15) is 47.9 Å². The molecule has 0 aliphatic heterocycles. The maximum atomic E-state index is 12.5. The van der Waals surface area contributed by atoms with Gasteiger partial charge in [0.25, 0.3) is 5.91 Å². The summed E-state index contributed by atoms with van der Waals surface area (Å²) in [5, 5.41) is 2.84. The molecule has 2 rings (SSSR count). The third kappa shape index (κ3) is 8.80. The van der Waals surface area contributed by atoms with E-state index < -0.39 is 0 Å². The number of likely N-dealkylation sites (N-methyl/N-ethyl adjacent to an activating group) is 1. The van der Waals surface area contributed by atoms with Crippen molar-refractivity contribution in [2.75, 3.05) is 39.6 Å². The average molecular weight is 428 g/mol. The smallest absolute Gasteiger partial charge is 0.338 e. The van der Waals surface area contributed by atoms with Crippen molar-refractivity contribution < 1.29 is 23.5 Å². The number of quaternary nitrogens is 1. The molecule has 0 bridgehead atoms. The van der Waals surface area contributed by atoms with E-state index in [9.17, 15) is 9.59 Å². The van der Waals surface area contributed by atoms with E-state index >= 15 is 0 Å². The van der Waals surface area contributed by atoms with E-state index in [-0.39, 0.29) is 18.0 Å². The molecular formula is C25H35N2O4+. The van der Waals surface area contributed by atoms with Crippen LogP contribution in [0.4, 0.5) is 5.69 Å². The minimum absolute atomic E-state index is 0.191. The average Bonchev–Trinajstić information content (AvgIpc) is 2.67. The monoisotopic (exact) mass is 427 g/mol. The molecule has 168 valence electrons. The number of hydrogen-bond acceptors (Lipinski definition) is 4. The first-order valence-corrected chi connectivity index (χ1v) is 10.7. The van der Waals surface area contributed by atoms with Gasteiger partial charge >= 0.3 is 5.97 Å². The highest BCUT2D eigenvalue weighted by molar-refractivity contribution is 6.04. The minimum atomic E-state index is -0.369. The number of hydrogen-bond donors (Lipinski definition) is 1. The van der Waals surface area contributed by atoms with Gasteiger partial charge in [0.2, 0.25) is 0 Å². The van der Waals surface area contributed by atoms with Crippen molar-refractivity contribution in [2.24, 2.45) is 5.92 Å². The predicted octanol–water partition coefficient (Wildman–Crippen LogP) is 4.62. The number of benzene rings is 2. The maximum Gasteiger partial charge on any atom is 0.338 e. The first kappa shape index (κ1) is 24.4. The molecular weight excluding hydrogens is 392 g/mol. The Morgan fingerprint density at radius 1 is 0.903 bits per heavy atom. The Kier molecular flexibility index (Phi) is 8.63. The molecule has 0 aliphatic rings. The Balaban J connectivity index is 1.89. The molecule has 1 unspecified atom stereocenters. The quantitative estimate of drug-likeness (QED) is 0.444. The molecule has 31 heavy (non-hydrogen) atoms. The normalized spacial score (nSPS) is 12.4. The Hall–Kier alpha value is -2.86. The Morgan fingerprint density at radius 3 is 2.03 bits per heavy atom. The zero-order chi connectivity index (χ0) is 23.0. The van der Waals surface area contributed by atoms with Gasteiger partial charge in [-0.3, -0.25) is 4.79 Å². The molecule has 6 heteroatoms. The lowest BCUT2D eigenvalue weighted by atomic mass is 10.1. The fourth-order valence-corrected chi connectivity index (χ4v) is 3.07. The third-order valence-electron chi connectivity index (χ3n) is 4.57. The fourth-order valence-electron chi connectivity index (χ4n) is 3.07. The molecule has 1 amide bonds. The number of ether oxygens (including phenoxy) is 2. The largest absolute Gasteiger partial charge is 0.494 e. The van der Waals surface area contributed by atoms with E-state index in [0.29, 0.717) is 33.8 Å². The van der Waals surface area contributed by atoms with Gasteiger partial charge in [-0.15, -0.1) is 0 Å². The third-order valence-corrected chi connectivity index (χ3v) is 4.57. The van der Waals surface area contributed by atoms with Crippen molar-refractivity contribution in [3.05, 3.63) is 59.7 Å². The van der Waals surface area contributed by atoms with Crippen LogP contribution >= 0.6 is 0 Å². The maximum absolute atomic E-state index is 12.5. The van der Waals surface area contributed by atoms with Crippen LogP contribution in [-0.2, 0) is 4.74 Å². The van der Waals surface area contributed by atoms with Gasteiger partial charge in [0, 0.05) is 11.3 Å². The van der Waals surface area contributed by atoms with E-state index in [0.717, 1.165) is 18.7 Å². The van der Waals surface area contributed by atoms with Crippen LogP contribution in [-0.4, -0.2) is 56.8 Å². The van der Waals surface area contributed by atoms with Gasteiger partial charge < -0.3 is 19.3 Å². The number of rotatable bonds is 10. The zero-order valence-electron chi connectivity index (χ0n) is 19.5. The van der Waals surface area contributed by atoms with Crippen LogP contribution in [0, 0.1) is 5.92 Å². The van der Waals surface area contributed by atoms with Crippen LogP contribution < -0.4 is 10.1 Å². The second-order valence-corrected chi connectivity index (χ2v) is 9.28. The number of nitrogens with zero attached hydrogens (tertiary/aromatic N) is 1. The molecule has 1 atom stereocenters. The van der Waals surface area contributed by atoms with Crippen LogP contribution in [0.2, 0.25) is 0 Å². The summed E-state index contributed by atoms with van der Waals surface area (Å²) in [7, 11) is 6.15. The topological polar surface area (TPSA) is 64.6 Å². The highest BCUT2D eigenvalue weighted by Gasteiger charge is 2.18. The first-order chi connectivity index (χ1) is 14.5. The van der Waals surface area contributed by atoms with Gasteiger partial charge in [-0.05, 0) is 67.8 Å². The van der Waals surface area contributed by atoms with Crippen molar-refractivity contribution in [3.8, 4) is 5.75 Å². The number of esters is 1. The molecule has 0 aromatic heterocycles. The molecule has 0 fully saturated rings. The summed E-state index contributed by atoms with van der Waals surface area (Å²) >= 11 is 0. The van der Waals surface area contributed by atoms with Crippen molar-refractivity contribution in [3.63, 3.8) is 0 Å². The lowest BCUT2D eigenvalue weighted by molar-refractivity contribution is -0.873. The number of amides is 1. The number of carbonyl (C=O) groups excluding carboxylic acids is 2. The Morgan fingerprint density at radius 2 is 1.48 bits per heavy atom. The van der Waals surface area contributed by atoms with Crippen LogP contribution in [0.25, 0.3) is 0 Å². The van der Waals surface area contributed by atoms with E-state index in [1.165, 1.54) is 0 Å². The number of carbonyl (C=O) groups is 2. The second-order valence-electron chi connectivity index (χ2n) is 9.28. The Labute approximate surface area is 185 Å². The highest BCUT2D eigenvalue weighted by Crippen LogP contribution is 2.16. The molecule has 1 N–H and O–H groups in total. The van der Waals surface area contributed by atoms with E-state index in [4.69, 9.17) is 9.47 Å². The lowest BCUT2D eigenvalue weighted by Crippen LogP contribution is -2.41. The predicted molar refractivity (Wildman–Crippen MR) is 124 cm³/mol. The Bertz CT molecular complexity index is 853. The summed E-state index contributed by atoms with van der Waals surface area (Å²) in [5.74, 6) is 0.747. The zero-order valence-corrected chi connectivity index (χ0v) is 19.5. The first-order valence-electron chi connectivity index (χ1n) is 10.7. The van der Waals surface area contributed by atoms with Crippen molar-refractivity contribution in [1.82, 2.24) is 0 Å². The minimum Gasteiger partial charge on any atom is -0.494 e. The number of nitrogens with one attached hydrogen (secondary N) is 1. The van der Waals surface area contributed by atoms with E-state index in [1.807, 2.05) is 6.92 Å². The molecule has 0 saturated carbocycles. The van der Waals surface area contributed by atoms with Crippen molar-refractivity contribution in [2.45, 2.75) is 33.3 Å². The molecule has 0 aliphatic carbocycles. The van der Waals surface area contributed by atoms with Crippen molar-refractivity contribution in [1.29, 1.82) is 0 Å². The van der Waals surface area contributed by atoms with E-state index in [1.54, 1.807) is 48.5 Å². The van der Waals surface area contributed by atoms with Gasteiger partial charge in [-0.1, -0.05) is 13.8 Å². The van der Waals surface area contributed by atoms with Gasteiger partial charge in [0.05, 0.1) is 33.3 Å². The molecule has 0 spiro atoms. The fraction of sp³-hybridized carbons (Fsp3) is 0.440. The highest BCUT2D eigenvalue weighted by atomic mass is 16.5. The standard InChI is InChI=1S/C25H34N2O4/c1-18(2)15-16-30-23-13-9-20(10-14-23)24(28)26-22-11-7-21(8-12-22)25(29)31-19(3)17-27(4,5)6/h7-14,18-19H,15-17H2,1-6H3/p+1. The molecule has 2 aromatic carbocycles. The number of anilines is 1. The summed E-state index contributed by atoms with van der Waals surface area (Å²) in [4.78, 5) is 24.8. The van der Waals surface area contributed by atoms with E-state index in [2.05, 4.69) is 40.3 Å². The van der Waals surface area contributed by atoms with Gasteiger partial charge in [0.15, 0.2) is 0 Å². The van der Waals surface area contributed by atoms with Crippen LogP contribution in [0.3, 0.4) is 0 Å². The second kappa shape index (κ2) is 11.0. The SMILES string of the molecule is CC(C)CCOc1ccc(C(=O)Nc2ccc(C(=O)OC(C)C[N+](C)(C)C)cc2)cc1. The van der Waals surface area contributed by atoms with Crippen LogP contribution in [0.5, 0.6) is 5.75 Å². The van der Waals surface area contributed by atoms with Crippen molar-refractivity contribution >= 4 is 17.6 Å². The summed E-state index contributed by atoms with van der Waals surface area (Å²) in [6.45, 7) is 7.57. The van der Waals surface area contributed by atoms with Gasteiger partial charge in [0.1, 0.15) is 18.4 Å². The molecule has 0 heterocycles. The van der Waals surface area contributed by atoms with Gasteiger partial charge in [-0.2, -0.15) is 0 Å². The molecule has 2 aromatic rings. The summed E-state index contributed by atoms with van der Waals surface area (Å²) < 4.78 is 11.9. The molecule has 0 saturated heterocycles. The molecule has 0 radical (unpaired) electrons. The summed E-state index contributed by atoms with van der Waals surface area (Å²) in [5.41, 5.74) is 1.60. The summed E-state index contributed by atoms with van der Waals surface area (Å²) in [6, 6.07) is 13.8. The molecule has 6 nitrogen and oxygen atoms in total.